The second kappa shape index (κ2) is 8.22. The molecule has 2 aliphatic rings. The van der Waals surface area contributed by atoms with Crippen LogP contribution in [0.15, 0.2) is 23.0 Å². The van der Waals surface area contributed by atoms with Crippen LogP contribution in [0, 0.1) is 0 Å². The number of aromatic nitrogens is 2. The lowest BCUT2D eigenvalue weighted by molar-refractivity contribution is 0.0691. The van der Waals surface area contributed by atoms with Crippen molar-refractivity contribution in [3.8, 4) is 17.0 Å². The van der Waals surface area contributed by atoms with Gasteiger partial charge in [0.15, 0.2) is 5.56 Å². The number of aromatic hydroxyl groups is 1. The number of pyridine rings is 1. The first-order chi connectivity index (χ1) is 15.2. The molecule has 0 radical (unpaired) electrons. The van der Waals surface area contributed by atoms with Crippen LogP contribution in [-0.2, 0) is 26.4 Å². The maximum Gasteiger partial charge on any atom is 0.345 e. The monoisotopic (exact) mass is 471 g/mol. The van der Waals surface area contributed by atoms with Gasteiger partial charge >= 0.3 is 5.97 Å². The Morgan fingerprint density at radius 2 is 1.94 bits per heavy atom. The number of likely N-dealkylation sites (tertiary alicyclic amines) is 1. The Labute approximate surface area is 198 Å². The van der Waals surface area contributed by atoms with E-state index in [0.717, 1.165) is 48.0 Å². The number of fused-ring (bicyclic) bond motifs is 4. The number of halogens is 1. The SMILES string of the molecule is Cl.Cn1c(CN2CCCC2(C)C)cc2cc3c(cc21)CCCc1c-3[nH]c(=O)c(C(=O)O)c1O. The predicted octanol–water partition coefficient (Wildman–Crippen LogP) is 4.22. The summed E-state index contributed by atoms with van der Waals surface area (Å²) in [5, 5.41) is 21.0. The van der Waals surface area contributed by atoms with Gasteiger partial charge < -0.3 is 19.8 Å². The molecular weight excluding hydrogens is 442 g/mol. The van der Waals surface area contributed by atoms with Gasteiger partial charge in [-0.2, -0.15) is 0 Å². The summed E-state index contributed by atoms with van der Waals surface area (Å²) in [6.07, 6.45) is 4.50. The fourth-order valence-corrected chi connectivity index (χ4v) is 5.48. The van der Waals surface area contributed by atoms with Crippen LogP contribution >= 0.6 is 12.4 Å². The van der Waals surface area contributed by atoms with E-state index in [4.69, 9.17) is 0 Å². The van der Waals surface area contributed by atoms with E-state index in [1.165, 1.54) is 18.5 Å². The zero-order valence-corrected chi connectivity index (χ0v) is 20.0. The van der Waals surface area contributed by atoms with Gasteiger partial charge in [0.05, 0.1) is 5.69 Å². The Hall–Kier alpha value is -2.77. The molecule has 2 aromatic heterocycles. The Bertz CT molecular complexity index is 1320. The van der Waals surface area contributed by atoms with Gasteiger partial charge in [0.1, 0.15) is 5.75 Å². The van der Waals surface area contributed by atoms with Crippen LogP contribution in [-0.4, -0.2) is 42.7 Å². The average Bonchev–Trinajstić information content (AvgIpc) is 3.13. The summed E-state index contributed by atoms with van der Waals surface area (Å²) in [5.74, 6) is -1.82. The zero-order chi connectivity index (χ0) is 22.8. The molecule has 176 valence electrons. The zero-order valence-electron chi connectivity index (χ0n) is 19.2. The summed E-state index contributed by atoms with van der Waals surface area (Å²) in [4.78, 5) is 29.2. The largest absolute Gasteiger partial charge is 0.506 e. The Kier molecular flexibility index (Phi) is 5.83. The summed E-state index contributed by atoms with van der Waals surface area (Å²) < 4.78 is 2.25. The molecule has 0 amide bonds. The standard InChI is InChI=1S/C25H29N3O4.ClH/c1-25(2)8-5-9-28(25)13-16-10-15-11-18-14(12-19(15)27(16)3)6-4-7-17-21(18)26-23(30)20(22(17)29)24(31)32;/h10-12H,4-9,13H2,1-3H3,(H,31,32)(H2,26,29,30);1H. The Morgan fingerprint density at radius 3 is 2.61 bits per heavy atom. The number of aromatic carboxylic acids is 1. The normalized spacial score (nSPS) is 17.3. The molecule has 1 saturated heterocycles. The van der Waals surface area contributed by atoms with Gasteiger partial charge in [-0.15, -0.1) is 12.4 Å². The highest BCUT2D eigenvalue weighted by atomic mass is 35.5. The van der Waals surface area contributed by atoms with Crippen molar-refractivity contribution in [1.29, 1.82) is 0 Å². The molecular formula is C25H30ClN3O4. The van der Waals surface area contributed by atoms with E-state index in [2.05, 4.69) is 53.5 Å². The van der Waals surface area contributed by atoms with Gasteiger partial charge in [0.2, 0.25) is 0 Å². The van der Waals surface area contributed by atoms with Crippen molar-refractivity contribution in [2.75, 3.05) is 6.54 Å². The van der Waals surface area contributed by atoms with Crippen molar-refractivity contribution < 1.29 is 15.0 Å². The van der Waals surface area contributed by atoms with Gasteiger partial charge in [-0.25, -0.2) is 4.79 Å². The topological polar surface area (TPSA) is 98.6 Å². The van der Waals surface area contributed by atoms with E-state index in [0.29, 0.717) is 17.7 Å². The molecule has 0 unspecified atom stereocenters. The fourth-order valence-electron chi connectivity index (χ4n) is 5.48. The highest BCUT2D eigenvalue weighted by Gasteiger charge is 2.32. The van der Waals surface area contributed by atoms with Crippen LogP contribution in [0.25, 0.3) is 22.2 Å². The van der Waals surface area contributed by atoms with Crippen molar-refractivity contribution in [2.24, 2.45) is 7.05 Å². The molecule has 33 heavy (non-hydrogen) atoms. The molecule has 8 heteroatoms. The Balaban J connectivity index is 0.00000259. The highest BCUT2D eigenvalue weighted by molar-refractivity contribution is 5.93. The summed E-state index contributed by atoms with van der Waals surface area (Å²) >= 11 is 0. The molecule has 0 spiro atoms. The van der Waals surface area contributed by atoms with Crippen LogP contribution in [0.4, 0.5) is 0 Å². The molecule has 3 N–H and O–H groups in total. The molecule has 0 bridgehead atoms. The van der Waals surface area contributed by atoms with Crippen molar-refractivity contribution in [3.63, 3.8) is 0 Å². The number of carbonyl (C=O) groups is 1. The van der Waals surface area contributed by atoms with Gasteiger partial charge in [-0.05, 0) is 76.3 Å². The van der Waals surface area contributed by atoms with Crippen molar-refractivity contribution >= 4 is 29.3 Å². The third-order valence-electron chi connectivity index (χ3n) is 7.44. The molecule has 0 atom stereocenters. The van der Waals surface area contributed by atoms with E-state index in [1.807, 2.05) is 0 Å². The first kappa shape index (κ1) is 23.4. The molecule has 1 aromatic carbocycles. The van der Waals surface area contributed by atoms with Crippen molar-refractivity contribution in [1.82, 2.24) is 14.5 Å². The molecule has 3 heterocycles. The minimum absolute atomic E-state index is 0. The van der Waals surface area contributed by atoms with Crippen molar-refractivity contribution in [2.45, 2.75) is 58.0 Å². The molecule has 3 aromatic rings. The van der Waals surface area contributed by atoms with Crippen LogP contribution in [0.3, 0.4) is 0 Å². The summed E-state index contributed by atoms with van der Waals surface area (Å²) in [6, 6.07) is 6.46. The third kappa shape index (κ3) is 3.73. The first-order valence-electron chi connectivity index (χ1n) is 11.3. The molecule has 1 aliphatic heterocycles. The molecule has 7 nitrogen and oxygen atoms in total. The predicted molar refractivity (Wildman–Crippen MR) is 131 cm³/mol. The lowest BCUT2D eigenvalue weighted by Gasteiger charge is -2.31. The number of aromatic amines is 1. The highest BCUT2D eigenvalue weighted by Crippen LogP contribution is 2.39. The third-order valence-corrected chi connectivity index (χ3v) is 7.44. The summed E-state index contributed by atoms with van der Waals surface area (Å²) in [5.41, 5.74) is 4.26. The number of nitrogens with zero attached hydrogens (tertiary/aromatic N) is 2. The van der Waals surface area contributed by atoms with Crippen LogP contribution < -0.4 is 5.56 Å². The number of rotatable bonds is 3. The second-order valence-corrected chi connectivity index (χ2v) is 9.79. The van der Waals surface area contributed by atoms with Gasteiger partial charge in [0, 0.05) is 46.9 Å². The average molecular weight is 472 g/mol. The lowest BCUT2D eigenvalue weighted by Crippen LogP contribution is -2.37. The van der Waals surface area contributed by atoms with Gasteiger partial charge in [-0.1, -0.05) is 0 Å². The minimum atomic E-state index is -1.41. The first-order valence-corrected chi connectivity index (χ1v) is 11.3. The minimum Gasteiger partial charge on any atom is -0.506 e. The second-order valence-electron chi connectivity index (χ2n) is 9.79. The van der Waals surface area contributed by atoms with Gasteiger partial charge in [0.25, 0.3) is 5.56 Å². The van der Waals surface area contributed by atoms with Crippen LogP contribution in [0.5, 0.6) is 5.75 Å². The number of nitrogens with one attached hydrogen (secondary N) is 1. The molecule has 0 saturated carbocycles. The molecule has 1 aliphatic carbocycles. The van der Waals surface area contributed by atoms with E-state index in [-0.39, 0.29) is 17.9 Å². The lowest BCUT2D eigenvalue weighted by atomic mass is 9.98. The maximum absolute atomic E-state index is 12.4. The van der Waals surface area contributed by atoms with Crippen LogP contribution in [0.1, 0.15) is 60.3 Å². The number of benzene rings is 1. The fraction of sp³-hybridized carbons (Fsp3) is 0.440. The number of hydrogen-bond donors (Lipinski definition) is 3. The molecule has 1 fully saturated rings. The quantitative estimate of drug-likeness (QED) is 0.531. The number of carboxylic acids is 1. The number of H-pyrrole nitrogens is 1. The smallest absolute Gasteiger partial charge is 0.345 e. The molecule has 5 rings (SSSR count). The van der Waals surface area contributed by atoms with Gasteiger partial charge in [-0.3, -0.25) is 9.69 Å². The van der Waals surface area contributed by atoms with E-state index in [1.54, 1.807) is 0 Å². The Morgan fingerprint density at radius 1 is 1.18 bits per heavy atom. The van der Waals surface area contributed by atoms with Crippen molar-refractivity contribution in [3.05, 3.63) is 50.9 Å². The number of carboxylic acid groups (broad SMARTS) is 1. The van der Waals surface area contributed by atoms with E-state index < -0.39 is 22.8 Å². The van der Waals surface area contributed by atoms with E-state index in [9.17, 15) is 19.8 Å². The number of aryl methyl sites for hydroxylation is 2. The van der Waals surface area contributed by atoms with E-state index >= 15 is 0 Å². The maximum atomic E-state index is 12.4. The number of hydrogen-bond acceptors (Lipinski definition) is 4. The summed E-state index contributed by atoms with van der Waals surface area (Å²) in [7, 11) is 2.10. The summed E-state index contributed by atoms with van der Waals surface area (Å²) in [6.45, 7) is 6.59. The van der Waals surface area contributed by atoms with Crippen LogP contribution in [0.2, 0.25) is 0 Å².